The Hall–Kier alpha value is -0.880. The van der Waals surface area contributed by atoms with Crippen LogP contribution >= 0.6 is 11.3 Å². The molecular weight excluding hydrogens is 294 g/mol. The molecular formula is C14H21NO3S2. The predicted molar refractivity (Wildman–Crippen MR) is 80.4 cm³/mol. The Labute approximate surface area is 124 Å². The topological polar surface area (TPSA) is 63.2 Å². The molecule has 0 aliphatic heterocycles. The van der Waals surface area contributed by atoms with Crippen molar-refractivity contribution < 1.29 is 13.2 Å². The predicted octanol–water partition coefficient (Wildman–Crippen LogP) is 2.59. The summed E-state index contributed by atoms with van der Waals surface area (Å²) in [5, 5.41) is 2.92. The lowest BCUT2D eigenvalue weighted by Gasteiger charge is -2.25. The van der Waals surface area contributed by atoms with Gasteiger partial charge in [-0.05, 0) is 43.7 Å². The summed E-state index contributed by atoms with van der Waals surface area (Å²) in [6.07, 6.45) is 5.37. The molecule has 1 aromatic heterocycles. The van der Waals surface area contributed by atoms with E-state index in [4.69, 9.17) is 0 Å². The van der Waals surface area contributed by atoms with Gasteiger partial charge in [0.2, 0.25) is 5.91 Å². The maximum atomic E-state index is 12.1. The number of carbonyl (C=O) groups excluding carboxylic acids is 1. The van der Waals surface area contributed by atoms with Crippen LogP contribution in [-0.2, 0) is 21.2 Å². The zero-order valence-corrected chi connectivity index (χ0v) is 13.5. The van der Waals surface area contributed by atoms with Gasteiger partial charge in [0, 0.05) is 17.1 Å². The van der Waals surface area contributed by atoms with E-state index in [-0.39, 0.29) is 11.8 Å². The van der Waals surface area contributed by atoms with Crippen LogP contribution < -0.4 is 5.32 Å². The van der Waals surface area contributed by atoms with Crippen molar-refractivity contribution in [2.45, 2.75) is 43.4 Å². The van der Waals surface area contributed by atoms with Crippen LogP contribution in [0.5, 0.6) is 0 Å². The maximum absolute atomic E-state index is 12.1. The van der Waals surface area contributed by atoms with E-state index in [1.165, 1.54) is 17.6 Å². The Kier molecular flexibility index (Phi) is 4.86. The average Bonchev–Trinajstić information content (AvgIpc) is 2.85. The molecule has 0 spiro atoms. The second-order valence-corrected chi connectivity index (χ2v) is 9.08. The van der Waals surface area contributed by atoms with Gasteiger partial charge in [0.25, 0.3) is 0 Å². The van der Waals surface area contributed by atoms with Gasteiger partial charge >= 0.3 is 0 Å². The van der Waals surface area contributed by atoms with Crippen LogP contribution in [-0.4, -0.2) is 20.6 Å². The van der Waals surface area contributed by atoms with Crippen LogP contribution in [0, 0.1) is 11.8 Å². The third kappa shape index (κ3) is 4.06. The van der Waals surface area contributed by atoms with E-state index in [9.17, 15) is 13.2 Å². The Balaban J connectivity index is 1.86. The zero-order valence-electron chi connectivity index (χ0n) is 11.9. The van der Waals surface area contributed by atoms with E-state index in [2.05, 4.69) is 12.2 Å². The minimum absolute atomic E-state index is 0.103. The number of hydrogen-bond donors (Lipinski definition) is 1. The van der Waals surface area contributed by atoms with Crippen LogP contribution in [0.3, 0.4) is 0 Å². The summed E-state index contributed by atoms with van der Waals surface area (Å²) in [6.45, 7) is 2.65. The molecule has 1 heterocycles. The number of thiophene rings is 1. The third-order valence-corrected chi connectivity index (χ3v) is 6.73. The van der Waals surface area contributed by atoms with E-state index in [1.54, 1.807) is 12.1 Å². The first kappa shape index (κ1) is 15.5. The van der Waals surface area contributed by atoms with Crippen molar-refractivity contribution in [3.05, 3.63) is 17.0 Å². The fourth-order valence-corrected chi connectivity index (χ4v) is 4.41. The highest BCUT2D eigenvalue weighted by molar-refractivity contribution is 7.92. The molecule has 0 unspecified atom stereocenters. The highest BCUT2D eigenvalue weighted by Crippen LogP contribution is 2.28. The Morgan fingerprint density at radius 1 is 1.30 bits per heavy atom. The summed E-state index contributed by atoms with van der Waals surface area (Å²) >= 11 is 1.23. The smallest absolute Gasteiger partial charge is 0.223 e. The average molecular weight is 315 g/mol. The molecule has 20 heavy (non-hydrogen) atoms. The second-order valence-electron chi connectivity index (χ2n) is 5.67. The Morgan fingerprint density at radius 2 is 1.95 bits per heavy atom. The first-order valence-corrected chi connectivity index (χ1v) is 9.63. The third-order valence-electron chi connectivity index (χ3n) is 3.83. The van der Waals surface area contributed by atoms with Gasteiger partial charge in [0.05, 0.1) is 6.54 Å². The lowest BCUT2D eigenvalue weighted by Crippen LogP contribution is -2.32. The standard InChI is InChI=1S/C14H21NO3S2/c1-10-3-5-11(6-4-10)14(16)15-9-12-7-8-13(19-12)20(2,17)18/h7-8,10-11H,3-6,9H2,1-2H3,(H,15,16). The minimum atomic E-state index is -3.14. The van der Waals surface area contributed by atoms with Crippen LogP contribution in [0.2, 0.25) is 0 Å². The van der Waals surface area contributed by atoms with Gasteiger partial charge in [-0.2, -0.15) is 0 Å². The van der Waals surface area contributed by atoms with E-state index >= 15 is 0 Å². The molecule has 0 saturated heterocycles. The number of rotatable bonds is 4. The molecule has 1 saturated carbocycles. The van der Waals surface area contributed by atoms with Gasteiger partial charge in [-0.1, -0.05) is 6.92 Å². The van der Waals surface area contributed by atoms with Crippen molar-refractivity contribution in [2.75, 3.05) is 6.26 Å². The molecule has 1 amide bonds. The van der Waals surface area contributed by atoms with Crippen LogP contribution in [0.1, 0.15) is 37.5 Å². The molecule has 0 radical (unpaired) electrons. The summed E-state index contributed by atoms with van der Waals surface area (Å²) < 4.78 is 23.1. The van der Waals surface area contributed by atoms with E-state index in [0.717, 1.165) is 36.5 Å². The number of amides is 1. The normalized spacial score (nSPS) is 23.5. The van der Waals surface area contributed by atoms with Gasteiger partial charge in [0.1, 0.15) is 4.21 Å². The number of nitrogens with one attached hydrogen (secondary N) is 1. The lowest BCUT2D eigenvalue weighted by molar-refractivity contribution is -0.126. The number of carbonyl (C=O) groups is 1. The summed E-state index contributed by atoms with van der Waals surface area (Å²) in [5.41, 5.74) is 0. The summed E-state index contributed by atoms with van der Waals surface area (Å²) in [7, 11) is -3.14. The monoisotopic (exact) mass is 315 g/mol. The Bertz CT molecular complexity index is 569. The molecule has 1 aliphatic rings. The molecule has 1 aliphatic carbocycles. The first-order chi connectivity index (χ1) is 9.36. The second kappa shape index (κ2) is 6.26. The number of sulfone groups is 1. The van der Waals surface area contributed by atoms with Crippen LogP contribution in [0.25, 0.3) is 0 Å². The molecule has 4 nitrogen and oxygen atoms in total. The van der Waals surface area contributed by atoms with Crippen molar-refractivity contribution in [1.29, 1.82) is 0 Å². The highest BCUT2D eigenvalue weighted by Gasteiger charge is 2.24. The largest absolute Gasteiger partial charge is 0.351 e. The van der Waals surface area contributed by atoms with Gasteiger partial charge in [-0.15, -0.1) is 11.3 Å². The van der Waals surface area contributed by atoms with Crippen LogP contribution in [0.15, 0.2) is 16.3 Å². The SMILES string of the molecule is CC1CCC(C(=O)NCc2ccc(S(C)(=O)=O)s2)CC1. The molecule has 2 rings (SSSR count). The van der Waals surface area contributed by atoms with E-state index in [1.807, 2.05) is 0 Å². The fraction of sp³-hybridized carbons (Fsp3) is 0.643. The van der Waals surface area contributed by atoms with Crippen LogP contribution in [0.4, 0.5) is 0 Å². The molecule has 1 fully saturated rings. The van der Waals surface area contributed by atoms with Crippen molar-refractivity contribution >= 4 is 27.1 Å². The summed E-state index contributed by atoms with van der Waals surface area (Å²) in [6, 6.07) is 3.37. The molecule has 0 atom stereocenters. The Morgan fingerprint density at radius 3 is 2.50 bits per heavy atom. The first-order valence-electron chi connectivity index (χ1n) is 6.92. The quantitative estimate of drug-likeness (QED) is 0.929. The van der Waals surface area contributed by atoms with Crippen molar-refractivity contribution in [3.8, 4) is 0 Å². The summed E-state index contributed by atoms with van der Waals surface area (Å²) in [5.74, 6) is 0.959. The maximum Gasteiger partial charge on any atom is 0.223 e. The van der Waals surface area contributed by atoms with E-state index < -0.39 is 9.84 Å². The molecule has 112 valence electrons. The van der Waals surface area contributed by atoms with Crippen molar-refractivity contribution in [3.63, 3.8) is 0 Å². The van der Waals surface area contributed by atoms with Gasteiger partial charge in [-0.3, -0.25) is 4.79 Å². The van der Waals surface area contributed by atoms with Gasteiger partial charge in [-0.25, -0.2) is 8.42 Å². The van der Waals surface area contributed by atoms with Gasteiger partial charge < -0.3 is 5.32 Å². The number of hydrogen-bond acceptors (Lipinski definition) is 4. The minimum Gasteiger partial charge on any atom is -0.351 e. The zero-order chi connectivity index (χ0) is 14.8. The highest BCUT2D eigenvalue weighted by atomic mass is 32.2. The van der Waals surface area contributed by atoms with Crippen molar-refractivity contribution in [2.24, 2.45) is 11.8 Å². The fourth-order valence-electron chi connectivity index (χ4n) is 2.49. The van der Waals surface area contributed by atoms with E-state index in [0.29, 0.717) is 10.8 Å². The van der Waals surface area contributed by atoms with Gasteiger partial charge in [0.15, 0.2) is 9.84 Å². The molecule has 6 heteroatoms. The molecule has 0 aromatic carbocycles. The summed E-state index contributed by atoms with van der Waals surface area (Å²) in [4.78, 5) is 12.9. The molecule has 1 aromatic rings. The molecule has 1 N–H and O–H groups in total. The lowest BCUT2D eigenvalue weighted by atomic mass is 9.82. The molecule has 0 bridgehead atoms. The van der Waals surface area contributed by atoms with Crippen molar-refractivity contribution in [1.82, 2.24) is 5.32 Å².